The molecule has 25 heavy (non-hydrogen) atoms. The SMILES string of the molecule is Cc1c(C#N)nn(-c2cccnc2)c1NC(=O)c1ccn(C)c(=O)c1. The van der Waals surface area contributed by atoms with E-state index in [1.54, 1.807) is 44.6 Å². The molecule has 8 nitrogen and oxygen atoms in total. The molecule has 0 unspecified atom stereocenters. The fourth-order valence-electron chi connectivity index (χ4n) is 2.28. The van der Waals surface area contributed by atoms with Crippen LogP contribution in [0, 0.1) is 18.3 Å². The summed E-state index contributed by atoms with van der Waals surface area (Å²) in [6.07, 6.45) is 4.70. The van der Waals surface area contributed by atoms with Gasteiger partial charge in [-0.2, -0.15) is 10.4 Å². The number of carbonyl (C=O) groups is 1. The van der Waals surface area contributed by atoms with Gasteiger partial charge >= 0.3 is 0 Å². The molecule has 0 aliphatic rings. The fourth-order valence-corrected chi connectivity index (χ4v) is 2.28. The van der Waals surface area contributed by atoms with E-state index in [1.807, 2.05) is 6.07 Å². The van der Waals surface area contributed by atoms with Crippen LogP contribution in [0.4, 0.5) is 5.82 Å². The molecule has 8 heteroatoms. The lowest BCUT2D eigenvalue weighted by atomic mass is 10.2. The summed E-state index contributed by atoms with van der Waals surface area (Å²) in [6, 6.07) is 8.28. The third-order valence-corrected chi connectivity index (χ3v) is 3.72. The van der Waals surface area contributed by atoms with Gasteiger partial charge in [0.05, 0.1) is 11.9 Å². The van der Waals surface area contributed by atoms with Gasteiger partial charge in [-0.25, -0.2) is 4.68 Å². The molecular formula is C17H14N6O2. The zero-order valence-electron chi connectivity index (χ0n) is 13.6. The Labute approximate surface area is 143 Å². The number of aryl methyl sites for hydroxylation is 1. The Morgan fingerprint density at radius 3 is 2.80 bits per heavy atom. The zero-order valence-corrected chi connectivity index (χ0v) is 13.6. The molecule has 0 aliphatic carbocycles. The molecule has 1 N–H and O–H groups in total. The van der Waals surface area contributed by atoms with Gasteiger partial charge < -0.3 is 9.88 Å². The van der Waals surface area contributed by atoms with Crippen LogP contribution in [0.25, 0.3) is 5.69 Å². The van der Waals surface area contributed by atoms with Crippen molar-refractivity contribution >= 4 is 11.7 Å². The van der Waals surface area contributed by atoms with Crippen LogP contribution in [0.3, 0.4) is 0 Å². The average molecular weight is 334 g/mol. The van der Waals surface area contributed by atoms with Crippen LogP contribution < -0.4 is 10.9 Å². The maximum absolute atomic E-state index is 12.5. The Morgan fingerprint density at radius 1 is 1.36 bits per heavy atom. The van der Waals surface area contributed by atoms with E-state index in [0.717, 1.165) is 0 Å². The average Bonchev–Trinajstić information content (AvgIpc) is 2.94. The van der Waals surface area contributed by atoms with Crippen molar-refractivity contribution in [1.82, 2.24) is 19.3 Å². The molecule has 0 saturated carbocycles. The number of nitrogens with one attached hydrogen (secondary N) is 1. The number of hydrogen-bond donors (Lipinski definition) is 1. The lowest BCUT2D eigenvalue weighted by Gasteiger charge is -2.10. The predicted molar refractivity (Wildman–Crippen MR) is 90.4 cm³/mol. The minimum atomic E-state index is -0.463. The number of pyridine rings is 2. The largest absolute Gasteiger partial charge is 0.319 e. The Balaban J connectivity index is 2.03. The zero-order chi connectivity index (χ0) is 18.0. The van der Waals surface area contributed by atoms with E-state index >= 15 is 0 Å². The minimum absolute atomic E-state index is 0.197. The maximum atomic E-state index is 12.5. The summed E-state index contributed by atoms with van der Waals surface area (Å²) in [5, 5.41) is 16.2. The Morgan fingerprint density at radius 2 is 2.16 bits per heavy atom. The van der Waals surface area contributed by atoms with Crippen molar-refractivity contribution in [3.05, 3.63) is 70.0 Å². The predicted octanol–water partition coefficient (Wildman–Crippen LogP) is 1.40. The van der Waals surface area contributed by atoms with E-state index < -0.39 is 5.91 Å². The van der Waals surface area contributed by atoms with E-state index in [2.05, 4.69) is 15.4 Å². The molecule has 0 spiro atoms. The standard InChI is InChI=1S/C17H14N6O2/c1-11-14(9-18)21-23(13-4-3-6-19-10-13)16(11)20-17(25)12-5-7-22(2)15(24)8-12/h3-8,10H,1-2H3,(H,20,25). The summed E-state index contributed by atoms with van der Waals surface area (Å²) in [6.45, 7) is 1.69. The van der Waals surface area contributed by atoms with Crippen LogP contribution in [0.2, 0.25) is 0 Å². The molecule has 0 saturated heterocycles. The van der Waals surface area contributed by atoms with Crippen molar-refractivity contribution < 1.29 is 4.79 Å². The Hall–Kier alpha value is -3.73. The van der Waals surface area contributed by atoms with Gasteiger partial charge in [-0.3, -0.25) is 14.6 Å². The van der Waals surface area contributed by atoms with Gasteiger partial charge in [-0.15, -0.1) is 0 Å². The van der Waals surface area contributed by atoms with Crippen LogP contribution in [-0.2, 0) is 7.05 Å². The second-order valence-electron chi connectivity index (χ2n) is 5.38. The van der Waals surface area contributed by atoms with E-state index in [0.29, 0.717) is 17.1 Å². The number of nitrogens with zero attached hydrogens (tertiary/aromatic N) is 5. The van der Waals surface area contributed by atoms with E-state index in [1.165, 1.54) is 21.5 Å². The monoisotopic (exact) mass is 334 g/mol. The first-order valence-electron chi connectivity index (χ1n) is 7.39. The molecule has 3 heterocycles. The maximum Gasteiger partial charge on any atom is 0.257 e. The van der Waals surface area contributed by atoms with Crippen molar-refractivity contribution in [2.75, 3.05) is 5.32 Å². The van der Waals surface area contributed by atoms with Crippen molar-refractivity contribution in [2.24, 2.45) is 7.05 Å². The van der Waals surface area contributed by atoms with Crippen LogP contribution in [-0.4, -0.2) is 25.2 Å². The van der Waals surface area contributed by atoms with Gasteiger partial charge in [0.25, 0.3) is 11.5 Å². The molecule has 1 amide bonds. The number of rotatable bonds is 3. The number of anilines is 1. The van der Waals surface area contributed by atoms with E-state index in [4.69, 9.17) is 0 Å². The van der Waals surface area contributed by atoms with Crippen molar-refractivity contribution in [3.8, 4) is 11.8 Å². The first kappa shape index (κ1) is 16.1. The Kier molecular flexibility index (Phi) is 4.14. The third kappa shape index (κ3) is 3.03. The summed E-state index contributed by atoms with van der Waals surface area (Å²) in [7, 11) is 1.60. The smallest absolute Gasteiger partial charge is 0.257 e. The highest BCUT2D eigenvalue weighted by molar-refractivity contribution is 6.04. The minimum Gasteiger partial charge on any atom is -0.319 e. The summed E-state index contributed by atoms with van der Waals surface area (Å²) in [5.41, 5.74) is 1.26. The van der Waals surface area contributed by atoms with Crippen LogP contribution in [0.5, 0.6) is 0 Å². The van der Waals surface area contributed by atoms with E-state index in [9.17, 15) is 14.9 Å². The summed E-state index contributed by atoms with van der Waals surface area (Å²) in [5.74, 6) is -0.106. The normalized spacial score (nSPS) is 10.3. The van der Waals surface area contributed by atoms with Gasteiger partial charge in [-0.05, 0) is 25.1 Å². The van der Waals surface area contributed by atoms with Crippen molar-refractivity contribution in [1.29, 1.82) is 5.26 Å². The first-order valence-corrected chi connectivity index (χ1v) is 7.39. The van der Waals surface area contributed by atoms with Gasteiger partial charge in [0.1, 0.15) is 11.9 Å². The lowest BCUT2D eigenvalue weighted by molar-refractivity contribution is 0.102. The third-order valence-electron chi connectivity index (χ3n) is 3.72. The van der Waals surface area contributed by atoms with Crippen LogP contribution >= 0.6 is 0 Å². The van der Waals surface area contributed by atoms with Gasteiger partial charge in [-0.1, -0.05) is 0 Å². The van der Waals surface area contributed by atoms with E-state index in [-0.39, 0.29) is 16.8 Å². The lowest BCUT2D eigenvalue weighted by Crippen LogP contribution is -2.21. The summed E-state index contributed by atoms with van der Waals surface area (Å²) >= 11 is 0. The first-order chi connectivity index (χ1) is 12.0. The molecule has 0 atom stereocenters. The second-order valence-corrected chi connectivity index (χ2v) is 5.38. The highest BCUT2D eigenvalue weighted by Crippen LogP contribution is 2.23. The molecule has 0 aromatic carbocycles. The van der Waals surface area contributed by atoms with Crippen molar-refractivity contribution in [3.63, 3.8) is 0 Å². The molecule has 0 radical (unpaired) electrons. The van der Waals surface area contributed by atoms with Crippen LogP contribution in [0.15, 0.2) is 47.7 Å². The van der Waals surface area contributed by atoms with Gasteiger partial charge in [0.15, 0.2) is 5.69 Å². The van der Waals surface area contributed by atoms with Crippen LogP contribution in [0.1, 0.15) is 21.6 Å². The topological polar surface area (TPSA) is 106 Å². The van der Waals surface area contributed by atoms with Gasteiger partial charge in [0.2, 0.25) is 0 Å². The van der Waals surface area contributed by atoms with Crippen molar-refractivity contribution in [2.45, 2.75) is 6.92 Å². The molecule has 0 aliphatic heterocycles. The van der Waals surface area contributed by atoms with Gasteiger partial charge in [0, 0.05) is 36.6 Å². The highest BCUT2D eigenvalue weighted by atomic mass is 16.2. The number of carbonyl (C=O) groups excluding carboxylic acids is 1. The Bertz CT molecular complexity index is 1040. The summed E-state index contributed by atoms with van der Waals surface area (Å²) < 4.78 is 2.82. The number of aromatic nitrogens is 4. The molecule has 124 valence electrons. The molecule has 0 bridgehead atoms. The number of amides is 1. The number of nitriles is 1. The quantitative estimate of drug-likeness (QED) is 0.779. The molecule has 0 fully saturated rings. The second kappa shape index (κ2) is 6.41. The fraction of sp³-hybridized carbons (Fsp3) is 0.118. The highest BCUT2D eigenvalue weighted by Gasteiger charge is 2.18. The molecule has 3 rings (SSSR count). The summed E-state index contributed by atoms with van der Waals surface area (Å²) in [4.78, 5) is 28.3. The molecular weight excluding hydrogens is 320 g/mol. The molecule has 3 aromatic heterocycles. The molecule has 3 aromatic rings. The number of hydrogen-bond acceptors (Lipinski definition) is 5.